The van der Waals surface area contributed by atoms with E-state index in [2.05, 4.69) is 78.9 Å². The molecular formula is C28H17NO. The molecule has 0 radical (unpaired) electrons. The maximum atomic E-state index is 6.50. The highest BCUT2D eigenvalue weighted by Gasteiger charge is 2.19. The van der Waals surface area contributed by atoms with Crippen molar-refractivity contribution in [1.29, 1.82) is 0 Å². The van der Waals surface area contributed by atoms with Crippen LogP contribution in [0.2, 0.25) is 0 Å². The number of fused-ring (bicyclic) bond motifs is 5. The maximum absolute atomic E-state index is 6.50. The van der Waals surface area contributed by atoms with Crippen LogP contribution in [-0.2, 0) is 6.42 Å². The summed E-state index contributed by atoms with van der Waals surface area (Å²) in [5.74, 6) is 0. The molecule has 2 nitrogen and oxygen atoms in total. The second-order valence-corrected chi connectivity index (χ2v) is 7.96. The Bertz CT molecular complexity index is 1670. The van der Waals surface area contributed by atoms with Crippen molar-refractivity contribution in [2.75, 3.05) is 0 Å². The molecule has 0 aliphatic heterocycles. The van der Waals surface area contributed by atoms with Crippen molar-refractivity contribution < 1.29 is 4.42 Å². The van der Waals surface area contributed by atoms with E-state index in [1.807, 2.05) is 12.1 Å². The van der Waals surface area contributed by atoms with E-state index in [1.54, 1.807) is 0 Å². The topological polar surface area (TPSA) is 26.0 Å². The van der Waals surface area contributed by atoms with Gasteiger partial charge in [0, 0.05) is 21.7 Å². The molecule has 0 fully saturated rings. The Kier molecular flexibility index (Phi) is 3.09. The highest BCUT2D eigenvalue weighted by atomic mass is 16.3. The van der Waals surface area contributed by atoms with Crippen LogP contribution in [0.3, 0.4) is 0 Å². The molecule has 2 heteroatoms. The van der Waals surface area contributed by atoms with Crippen LogP contribution in [0.15, 0.2) is 89.4 Å². The van der Waals surface area contributed by atoms with Crippen LogP contribution in [0.4, 0.5) is 0 Å². The second-order valence-electron chi connectivity index (χ2n) is 7.96. The molecule has 7 rings (SSSR count). The molecule has 140 valence electrons. The number of nitrogens with zero attached hydrogens (tertiary/aromatic N) is 1. The first-order chi connectivity index (χ1) is 14.9. The number of aromatic nitrogens is 1. The third-order valence-corrected chi connectivity index (χ3v) is 6.24. The van der Waals surface area contributed by atoms with Gasteiger partial charge in [-0.15, -0.1) is 0 Å². The van der Waals surface area contributed by atoms with Crippen LogP contribution in [0.1, 0.15) is 11.1 Å². The van der Waals surface area contributed by atoms with Crippen LogP contribution < -0.4 is 0 Å². The molecule has 0 spiro atoms. The molecule has 30 heavy (non-hydrogen) atoms. The first-order valence-electron chi connectivity index (χ1n) is 10.3. The summed E-state index contributed by atoms with van der Waals surface area (Å²) in [6.45, 7) is 0. The zero-order valence-electron chi connectivity index (χ0n) is 16.2. The molecule has 0 bridgehead atoms. The first-order valence-corrected chi connectivity index (χ1v) is 10.3. The number of hydrogen-bond acceptors (Lipinski definition) is 2. The predicted octanol–water partition coefficient (Wildman–Crippen LogP) is 7.52. The normalized spacial score (nSPS) is 13.1. The highest BCUT2D eigenvalue weighted by Crippen LogP contribution is 2.42. The van der Waals surface area contributed by atoms with Crippen molar-refractivity contribution in [2.45, 2.75) is 6.42 Å². The average Bonchev–Trinajstić information content (AvgIpc) is 3.18. The summed E-state index contributed by atoms with van der Waals surface area (Å²) in [7, 11) is 0. The van der Waals surface area contributed by atoms with Gasteiger partial charge in [0.15, 0.2) is 0 Å². The molecule has 2 heterocycles. The summed E-state index contributed by atoms with van der Waals surface area (Å²) < 4.78 is 6.50. The molecule has 6 aromatic rings. The third-order valence-electron chi connectivity index (χ3n) is 6.24. The minimum absolute atomic E-state index is 0.909. The number of hydrogen-bond donors (Lipinski definition) is 0. The van der Waals surface area contributed by atoms with Crippen LogP contribution in [0, 0.1) is 0 Å². The Balaban J connectivity index is 1.59. The van der Waals surface area contributed by atoms with Gasteiger partial charge in [-0.3, -0.25) is 0 Å². The van der Waals surface area contributed by atoms with Gasteiger partial charge in [0.2, 0.25) is 0 Å². The van der Waals surface area contributed by atoms with Gasteiger partial charge in [-0.05, 0) is 52.6 Å². The Labute approximate surface area is 173 Å². The summed E-state index contributed by atoms with van der Waals surface area (Å²) >= 11 is 0. The van der Waals surface area contributed by atoms with Gasteiger partial charge >= 0.3 is 0 Å². The minimum Gasteiger partial charge on any atom is -0.455 e. The largest absolute Gasteiger partial charge is 0.455 e. The lowest BCUT2D eigenvalue weighted by Gasteiger charge is -2.13. The number of benzene rings is 4. The molecule has 1 aliphatic rings. The van der Waals surface area contributed by atoms with E-state index in [4.69, 9.17) is 9.40 Å². The number of rotatable bonds is 1. The lowest BCUT2D eigenvalue weighted by atomic mass is 9.90. The van der Waals surface area contributed by atoms with E-state index in [9.17, 15) is 0 Å². The van der Waals surface area contributed by atoms with Crippen LogP contribution in [-0.4, -0.2) is 4.98 Å². The van der Waals surface area contributed by atoms with Gasteiger partial charge in [-0.25, -0.2) is 4.98 Å². The van der Waals surface area contributed by atoms with Crippen LogP contribution in [0.25, 0.3) is 60.9 Å². The number of pyridine rings is 1. The van der Waals surface area contributed by atoms with Gasteiger partial charge in [0.1, 0.15) is 11.2 Å². The van der Waals surface area contributed by atoms with E-state index in [-0.39, 0.29) is 0 Å². The Morgan fingerprint density at radius 1 is 0.767 bits per heavy atom. The van der Waals surface area contributed by atoms with E-state index in [0.29, 0.717) is 0 Å². The van der Waals surface area contributed by atoms with E-state index < -0.39 is 0 Å². The summed E-state index contributed by atoms with van der Waals surface area (Å²) in [6, 6.07) is 27.6. The van der Waals surface area contributed by atoms with Gasteiger partial charge in [-0.2, -0.15) is 0 Å². The maximum Gasteiger partial charge on any atom is 0.144 e. The van der Waals surface area contributed by atoms with E-state index >= 15 is 0 Å². The predicted molar refractivity (Wildman–Crippen MR) is 125 cm³/mol. The summed E-state index contributed by atoms with van der Waals surface area (Å²) in [4.78, 5) is 4.92. The van der Waals surface area contributed by atoms with E-state index in [1.165, 1.54) is 27.3 Å². The first kappa shape index (κ1) is 15.9. The molecule has 0 unspecified atom stereocenters. The SMILES string of the molecule is C1=Cc2cccc3c2c(cc2oc4c(-c5ccc6ccccc6n5)cccc4c23)C1. The molecule has 0 saturated heterocycles. The third kappa shape index (κ3) is 2.11. The fraction of sp³-hybridized carbons (Fsp3) is 0.0357. The molecule has 0 N–H and O–H groups in total. The van der Waals surface area contributed by atoms with Gasteiger partial charge in [-0.1, -0.05) is 66.7 Å². The van der Waals surface area contributed by atoms with Gasteiger partial charge < -0.3 is 4.42 Å². The van der Waals surface area contributed by atoms with Gasteiger partial charge in [0.25, 0.3) is 0 Å². The van der Waals surface area contributed by atoms with Crippen molar-refractivity contribution in [3.63, 3.8) is 0 Å². The van der Waals surface area contributed by atoms with Crippen molar-refractivity contribution >= 4 is 49.7 Å². The smallest absolute Gasteiger partial charge is 0.144 e. The fourth-order valence-electron chi connectivity index (χ4n) is 4.91. The molecule has 0 amide bonds. The number of allylic oxidation sites excluding steroid dienone is 1. The molecule has 0 saturated carbocycles. The Hall–Kier alpha value is -3.91. The lowest BCUT2D eigenvalue weighted by Crippen LogP contribution is -1.92. The van der Waals surface area contributed by atoms with Crippen LogP contribution >= 0.6 is 0 Å². The monoisotopic (exact) mass is 383 g/mol. The summed E-state index contributed by atoms with van der Waals surface area (Å²) in [5, 5.41) is 6.11. The van der Waals surface area contributed by atoms with Crippen molar-refractivity contribution in [2.24, 2.45) is 0 Å². The fourth-order valence-corrected chi connectivity index (χ4v) is 4.91. The van der Waals surface area contributed by atoms with E-state index in [0.717, 1.165) is 45.1 Å². The average molecular weight is 383 g/mol. The number of furan rings is 1. The summed E-state index contributed by atoms with van der Waals surface area (Å²) in [6.07, 6.45) is 5.41. The molecular weight excluding hydrogens is 366 g/mol. The minimum atomic E-state index is 0.909. The van der Waals surface area contributed by atoms with Crippen molar-refractivity contribution in [3.8, 4) is 11.3 Å². The Morgan fingerprint density at radius 2 is 1.67 bits per heavy atom. The number of para-hydroxylation sites is 2. The second kappa shape index (κ2) is 5.80. The highest BCUT2D eigenvalue weighted by molar-refractivity contribution is 6.22. The molecule has 0 atom stereocenters. The Morgan fingerprint density at radius 3 is 2.67 bits per heavy atom. The quantitative estimate of drug-likeness (QED) is 0.293. The van der Waals surface area contributed by atoms with Crippen LogP contribution in [0.5, 0.6) is 0 Å². The summed E-state index contributed by atoms with van der Waals surface area (Å²) in [5.41, 5.74) is 7.46. The zero-order valence-corrected chi connectivity index (χ0v) is 16.2. The lowest BCUT2D eigenvalue weighted by molar-refractivity contribution is 0.669. The van der Waals surface area contributed by atoms with Crippen molar-refractivity contribution in [3.05, 3.63) is 96.1 Å². The van der Waals surface area contributed by atoms with Crippen molar-refractivity contribution in [1.82, 2.24) is 4.98 Å². The van der Waals surface area contributed by atoms with Gasteiger partial charge in [0.05, 0.1) is 11.2 Å². The molecule has 4 aromatic carbocycles. The molecule has 2 aromatic heterocycles. The molecule has 1 aliphatic carbocycles. The zero-order chi connectivity index (χ0) is 19.7. The standard InChI is InChI=1S/C28H17NO/c1-2-13-23-17(6-1)14-15-24(29-23)20-10-5-12-22-27-21-11-4-8-18-7-3-9-19(26(18)21)16-25(27)30-28(20)22/h1-8,10-16H,9H2.